The minimum absolute atomic E-state index is 0.0527. The summed E-state index contributed by atoms with van der Waals surface area (Å²) in [6.45, 7) is 2.25. The molecule has 0 aliphatic heterocycles. The van der Waals surface area contributed by atoms with E-state index in [1.54, 1.807) is 12.3 Å². The topological polar surface area (TPSA) is 62.6 Å². The maximum absolute atomic E-state index is 12.4. The summed E-state index contributed by atoms with van der Waals surface area (Å²) in [6.07, 6.45) is 8.58. The number of hydrogen-bond donors (Lipinski definition) is 1. The van der Waals surface area contributed by atoms with Crippen molar-refractivity contribution in [2.45, 2.75) is 64.1 Å². The molecule has 0 spiro atoms. The van der Waals surface area contributed by atoms with E-state index in [0.717, 1.165) is 19.3 Å². The first kappa shape index (κ1) is 15.6. The number of amides is 2. The molecule has 2 rings (SSSR count). The highest BCUT2D eigenvalue weighted by Gasteiger charge is 2.26. The molecule has 0 saturated heterocycles. The van der Waals surface area contributed by atoms with E-state index in [0.29, 0.717) is 18.7 Å². The Morgan fingerprint density at radius 1 is 1.48 bits per heavy atom. The second-order valence-electron chi connectivity index (χ2n) is 5.62. The second kappa shape index (κ2) is 7.86. The third kappa shape index (κ3) is 4.34. The minimum atomic E-state index is -0.436. The van der Waals surface area contributed by atoms with Crippen LogP contribution in [0.4, 0.5) is 0 Å². The lowest BCUT2D eigenvalue weighted by atomic mass is 9.95. The molecular weight excluding hydrogens is 268 g/mol. The van der Waals surface area contributed by atoms with Crippen molar-refractivity contribution in [2.24, 2.45) is 0 Å². The number of furan rings is 1. The van der Waals surface area contributed by atoms with Crippen LogP contribution in [0.2, 0.25) is 0 Å². The highest BCUT2D eigenvalue weighted by atomic mass is 16.3. The van der Waals surface area contributed by atoms with Gasteiger partial charge in [-0.15, -0.1) is 0 Å². The number of nitrogens with one attached hydrogen (secondary N) is 1. The Bertz CT molecular complexity index is 438. The van der Waals surface area contributed by atoms with Crippen LogP contribution in [-0.2, 0) is 16.1 Å². The minimum Gasteiger partial charge on any atom is -0.467 e. The maximum atomic E-state index is 12.4. The Kier molecular flexibility index (Phi) is 5.84. The van der Waals surface area contributed by atoms with Crippen molar-refractivity contribution in [1.82, 2.24) is 10.2 Å². The van der Waals surface area contributed by atoms with Gasteiger partial charge in [-0.3, -0.25) is 9.59 Å². The average molecular weight is 292 g/mol. The molecule has 5 heteroatoms. The van der Waals surface area contributed by atoms with Crippen molar-refractivity contribution >= 4 is 12.3 Å². The summed E-state index contributed by atoms with van der Waals surface area (Å²) in [6, 6.07) is 3.41. The molecule has 1 saturated carbocycles. The summed E-state index contributed by atoms with van der Waals surface area (Å²) in [7, 11) is 0. The van der Waals surface area contributed by atoms with Gasteiger partial charge in [-0.2, -0.15) is 0 Å². The van der Waals surface area contributed by atoms with E-state index in [-0.39, 0.29) is 11.9 Å². The summed E-state index contributed by atoms with van der Waals surface area (Å²) in [5.74, 6) is 0.633. The molecule has 1 aliphatic rings. The highest BCUT2D eigenvalue weighted by molar-refractivity contribution is 5.83. The molecule has 1 N–H and O–H groups in total. The van der Waals surface area contributed by atoms with Crippen molar-refractivity contribution in [3.63, 3.8) is 0 Å². The molecule has 0 radical (unpaired) electrons. The number of carbonyl (C=O) groups excluding carboxylic acids is 2. The molecule has 1 heterocycles. The molecule has 116 valence electrons. The molecule has 1 unspecified atom stereocenters. The fourth-order valence-corrected chi connectivity index (χ4v) is 2.92. The van der Waals surface area contributed by atoms with Crippen LogP contribution in [0.5, 0.6) is 0 Å². The normalized spacial score (nSPS) is 17.2. The van der Waals surface area contributed by atoms with Crippen molar-refractivity contribution in [3.05, 3.63) is 24.2 Å². The molecule has 1 atom stereocenters. The van der Waals surface area contributed by atoms with Gasteiger partial charge in [-0.1, -0.05) is 26.2 Å². The van der Waals surface area contributed by atoms with E-state index >= 15 is 0 Å². The van der Waals surface area contributed by atoms with Gasteiger partial charge in [0.25, 0.3) is 0 Å². The molecule has 1 aromatic heterocycles. The average Bonchev–Trinajstić information content (AvgIpc) is 3.01. The van der Waals surface area contributed by atoms with Crippen molar-refractivity contribution in [3.8, 4) is 0 Å². The van der Waals surface area contributed by atoms with E-state index in [4.69, 9.17) is 4.42 Å². The molecule has 21 heavy (non-hydrogen) atoms. The van der Waals surface area contributed by atoms with Crippen molar-refractivity contribution < 1.29 is 14.0 Å². The fourth-order valence-electron chi connectivity index (χ4n) is 2.92. The van der Waals surface area contributed by atoms with Gasteiger partial charge in [0.1, 0.15) is 11.8 Å². The summed E-state index contributed by atoms with van der Waals surface area (Å²) in [5.41, 5.74) is 0. The first-order valence-corrected chi connectivity index (χ1v) is 7.78. The fraction of sp³-hybridized carbons (Fsp3) is 0.625. The largest absolute Gasteiger partial charge is 0.467 e. The number of carbonyl (C=O) groups is 2. The molecular formula is C16H24N2O3. The second-order valence-corrected chi connectivity index (χ2v) is 5.62. The maximum Gasteiger partial charge on any atom is 0.243 e. The van der Waals surface area contributed by atoms with Crippen LogP contribution < -0.4 is 5.32 Å². The molecule has 1 aliphatic carbocycles. The summed E-state index contributed by atoms with van der Waals surface area (Å²) in [5, 5.41) is 3.09. The van der Waals surface area contributed by atoms with Gasteiger partial charge >= 0.3 is 0 Å². The number of rotatable bonds is 7. The third-order valence-electron chi connectivity index (χ3n) is 4.10. The monoisotopic (exact) mass is 292 g/mol. The standard InChI is InChI=1S/C16H24N2O3/c1-2-15(16(20)17-13-7-4-3-5-8-13)18(12-19)11-14-9-6-10-21-14/h6,9-10,12-13,15H,2-5,7-8,11H2,1H3,(H,17,20). The molecule has 0 bridgehead atoms. The number of hydrogen-bond acceptors (Lipinski definition) is 3. The smallest absolute Gasteiger partial charge is 0.243 e. The molecule has 2 amide bonds. The SMILES string of the molecule is CCC(C(=O)NC1CCCCC1)N(C=O)Cc1ccco1. The lowest BCUT2D eigenvalue weighted by Gasteiger charge is -2.29. The van der Waals surface area contributed by atoms with Gasteiger partial charge in [0.2, 0.25) is 12.3 Å². The van der Waals surface area contributed by atoms with Gasteiger partial charge in [0.05, 0.1) is 12.8 Å². The lowest BCUT2D eigenvalue weighted by Crippen LogP contribution is -2.49. The van der Waals surface area contributed by atoms with E-state index in [9.17, 15) is 9.59 Å². The van der Waals surface area contributed by atoms with E-state index in [2.05, 4.69) is 5.32 Å². The summed E-state index contributed by atoms with van der Waals surface area (Å²) in [4.78, 5) is 25.3. The van der Waals surface area contributed by atoms with Gasteiger partial charge < -0.3 is 14.6 Å². The first-order valence-electron chi connectivity index (χ1n) is 7.78. The molecule has 0 aromatic carbocycles. The van der Waals surface area contributed by atoms with E-state index in [1.165, 1.54) is 24.2 Å². The summed E-state index contributed by atoms with van der Waals surface area (Å²) >= 11 is 0. The molecule has 1 fully saturated rings. The van der Waals surface area contributed by atoms with Crippen LogP contribution in [0.15, 0.2) is 22.8 Å². The Hall–Kier alpha value is -1.78. The lowest BCUT2D eigenvalue weighted by molar-refractivity contribution is -0.134. The van der Waals surface area contributed by atoms with Crippen LogP contribution in [-0.4, -0.2) is 29.3 Å². The predicted octanol–water partition coefficient (Wildman–Crippen LogP) is 2.47. The Balaban J connectivity index is 1.94. The first-order chi connectivity index (χ1) is 10.2. The van der Waals surface area contributed by atoms with Crippen LogP contribution in [0.1, 0.15) is 51.2 Å². The van der Waals surface area contributed by atoms with Crippen molar-refractivity contribution in [2.75, 3.05) is 0 Å². The molecule has 1 aromatic rings. The summed E-state index contributed by atoms with van der Waals surface area (Å²) < 4.78 is 5.26. The van der Waals surface area contributed by atoms with Crippen LogP contribution in [0.25, 0.3) is 0 Å². The van der Waals surface area contributed by atoms with Gasteiger partial charge in [-0.05, 0) is 31.4 Å². The van der Waals surface area contributed by atoms with Gasteiger partial charge in [-0.25, -0.2) is 0 Å². The van der Waals surface area contributed by atoms with E-state index < -0.39 is 6.04 Å². The quantitative estimate of drug-likeness (QED) is 0.785. The molecule has 5 nitrogen and oxygen atoms in total. The van der Waals surface area contributed by atoms with E-state index in [1.807, 2.05) is 13.0 Å². The van der Waals surface area contributed by atoms with Crippen LogP contribution >= 0.6 is 0 Å². The predicted molar refractivity (Wildman–Crippen MR) is 79.4 cm³/mol. The van der Waals surface area contributed by atoms with Gasteiger partial charge in [0.15, 0.2) is 0 Å². The van der Waals surface area contributed by atoms with Gasteiger partial charge in [0, 0.05) is 6.04 Å². The third-order valence-corrected chi connectivity index (χ3v) is 4.10. The Labute approximate surface area is 125 Å². The number of nitrogens with zero attached hydrogens (tertiary/aromatic N) is 1. The Morgan fingerprint density at radius 3 is 2.81 bits per heavy atom. The Morgan fingerprint density at radius 2 is 2.24 bits per heavy atom. The zero-order valence-electron chi connectivity index (χ0n) is 12.6. The zero-order chi connectivity index (χ0) is 15.1. The highest BCUT2D eigenvalue weighted by Crippen LogP contribution is 2.18. The van der Waals surface area contributed by atoms with Crippen LogP contribution in [0.3, 0.4) is 0 Å². The van der Waals surface area contributed by atoms with Crippen LogP contribution in [0, 0.1) is 0 Å². The zero-order valence-corrected chi connectivity index (χ0v) is 12.6. The van der Waals surface area contributed by atoms with Crippen molar-refractivity contribution in [1.29, 1.82) is 0 Å².